The number of aliphatic carboxylic acids is 1. The normalized spacial score (nSPS) is 12.9. The third kappa shape index (κ3) is 3.36. The summed E-state index contributed by atoms with van der Waals surface area (Å²) >= 11 is 8.73. The van der Waals surface area contributed by atoms with Crippen molar-refractivity contribution < 1.29 is 9.90 Å². The monoisotopic (exact) mass is 288 g/mol. The molecule has 80 valence electrons. The molecule has 0 saturated heterocycles. The molecule has 0 spiro atoms. The largest absolute Gasteiger partial charge is 0.481 e. The molecule has 1 N–H and O–H groups in total. The molecular weight excluding hydrogens is 279 g/mol. The van der Waals surface area contributed by atoms with E-state index in [0.717, 1.165) is 10.0 Å². The van der Waals surface area contributed by atoms with Gasteiger partial charge in [-0.05, 0) is 18.1 Å². The van der Waals surface area contributed by atoms with Crippen LogP contribution in [-0.4, -0.2) is 11.1 Å². The average Bonchev–Trinajstić information content (AvgIpc) is 2.20. The van der Waals surface area contributed by atoms with E-state index in [1.54, 1.807) is 12.1 Å². The van der Waals surface area contributed by atoms with Crippen molar-refractivity contribution in [3.63, 3.8) is 0 Å². The Morgan fingerprint density at radius 3 is 2.73 bits per heavy atom. The minimum Gasteiger partial charge on any atom is -0.481 e. The van der Waals surface area contributed by atoms with Crippen LogP contribution in [0.15, 0.2) is 40.3 Å². The van der Waals surface area contributed by atoms with Crippen molar-refractivity contribution in [2.24, 2.45) is 0 Å². The highest BCUT2D eigenvalue weighted by Crippen LogP contribution is 2.27. The fourth-order valence-corrected chi connectivity index (χ4v) is 1.97. The molecule has 0 radical (unpaired) electrons. The molecule has 1 atom stereocenters. The van der Waals surface area contributed by atoms with Crippen LogP contribution in [0.4, 0.5) is 0 Å². The average molecular weight is 290 g/mol. The summed E-state index contributed by atoms with van der Waals surface area (Å²) in [6.07, 6.45) is 2.03. The van der Waals surface area contributed by atoms with Crippen LogP contribution in [0.2, 0.25) is 0 Å². The molecule has 0 amide bonds. The van der Waals surface area contributed by atoms with Gasteiger partial charge < -0.3 is 5.11 Å². The number of carbonyl (C=O) groups is 1. The Balaban J connectivity index is 2.99. The van der Waals surface area contributed by atoms with Crippen molar-refractivity contribution in [2.75, 3.05) is 0 Å². The number of benzene rings is 1. The lowest BCUT2D eigenvalue weighted by molar-refractivity contribution is -0.138. The maximum absolute atomic E-state index is 11.1. The van der Waals surface area contributed by atoms with Gasteiger partial charge in [0.05, 0.1) is 5.92 Å². The first-order valence-corrected chi connectivity index (χ1v) is 5.62. The van der Waals surface area contributed by atoms with Gasteiger partial charge in [0.25, 0.3) is 0 Å². The summed E-state index contributed by atoms with van der Waals surface area (Å²) in [6.45, 7) is 0. The first-order chi connectivity index (χ1) is 7.16. The van der Waals surface area contributed by atoms with Crippen LogP contribution in [0.5, 0.6) is 0 Å². The van der Waals surface area contributed by atoms with Gasteiger partial charge in [0, 0.05) is 10.0 Å². The molecule has 0 bridgehead atoms. The molecular formula is C11H10BrClO2. The summed E-state index contributed by atoms with van der Waals surface area (Å²) in [5, 5.41) is 9.08. The van der Waals surface area contributed by atoms with Crippen molar-refractivity contribution in [3.05, 3.63) is 45.9 Å². The maximum atomic E-state index is 11.1. The van der Waals surface area contributed by atoms with E-state index in [-0.39, 0.29) is 0 Å². The highest BCUT2D eigenvalue weighted by Gasteiger charge is 2.20. The predicted octanol–water partition coefficient (Wildman–Crippen LogP) is 3.76. The maximum Gasteiger partial charge on any atom is 0.311 e. The molecule has 1 aromatic rings. The topological polar surface area (TPSA) is 37.3 Å². The van der Waals surface area contributed by atoms with Gasteiger partial charge in [-0.3, -0.25) is 4.79 Å². The zero-order chi connectivity index (χ0) is 11.3. The molecule has 1 unspecified atom stereocenters. The Hall–Kier alpha value is -0.800. The number of halogens is 2. The zero-order valence-corrected chi connectivity index (χ0v) is 10.2. The lowest BCUT2D eigenvalue weighted by Crippen LogP contribution is -2.11. The molecule has 1 rings (SSSR count). The Bertz CT molecular complexity index is 377. The number of rotatable bonds is 4. The van der Waals surface area contributed by atoms with Crippen molar-refractivity contribution in [3.8, 4) is 0 Å². The highest BCUT2D eigenvalue weighted by molar-refractivity contribution is 9.10. The van der Waals surface area contributed by atoms with Crippen LogP contribution < -0.4 is 0 Å². The van der Waals surface area contributed by atoms with Crippen LogP contribution in [0.25, 0.3) is 0 Å². The molecule has 1 aromatic carbocycles. The van der Waals surface area contributed by atoms with Crippen molar-refractivity contribution in [1.29, 1.82) is 0 Å². The lowest BCUT2D eigenvalue weighted by atomic mass is 9.96. The second-order valence-electron chi connectivity index (χ2n) is 3.01. The molecule has 4 heteroatoms. The van der Waals surface area contributed by atoms with Crippen molar-refractivity contribution >= 4 is 33.5 Å². The van der Waals surface area contributed by atoms with E-state index >= 15 is 0 Å². The van der Waals surface area contributed by atoms with Gasteiger partial charge in [-0.1, -0.05) is 51.8 Å². The van der Waals surface area contributed by atoms with E-state index in [0.29, 0.717) is 6.42 Å². The summed E-state index contributed by atoms with van der Waals surface area (Å²) in [5.41, 5.74) is 2.10. The SMILES string of the molecule is O=C(O)C(C/C=C/Cl)c1ccccc1Br. The van der Waals surface area contributed by atoms with E-state index in [2.05, 4.69) is 15.9 Å². The number of carboxylic acids is 1. The molecule has 0 aliphatic rings. The van der Waals surface area contributed by atoms with Crippen LogP contribution in [0.3, 0.4) is 0 Å². The van der Waals surface area contributed by atoms with Gasteiger partial charge in [0.2, 0.25) is 0 Å². The van der Waals surface area contributed by atoms with Crippen LogP contribution in [-0.2, 0) is 4.79 Å². The predicted molar refractivity (Wildman–Crippen MR) is 64.1 cm³/mol. The van der Waals surface area contributed by atoms with E-state index in [9.17, 15) is 4.79 Å². The summed E-state index contributed by atoms with van der Waals surface area (Å²) < 4.78 is 0.806. The Morgan fingerprint density at radius 2 is 2.20 bits per heavy atom. The smallest absolute Gasteiger partial charge is 0.311 e. The number of hydrogen-bond donors (Lipinski definition) is 1. The van der Waals surface area contributed by atoms with E-state index in [4.69, 9.17) is 16.7 Å². The third-order valence-corrected chi connectivity index (χ3v) is 2.94. The van der Waals surface area contributed by atoms with Crippen molar-refractivity contribution in [1.82, 2.24) is 0 Å². The van der Waals surface area contributed by atoms with E-state index < -0.39 is 11.9 Å². The third-order valence-electron chi connectivity index (χ3n) is 2.04. The molecule has 0 aliphatic carbocycles. The molecule has 0 heterocycles. The first-order valence-electron chi connectivity index (χ1n) is 4.39. The summed E-state index contributed by atoms with van der Waals surface area (Å²) in [7, 11) is 0. The quantitative estimate of drug-likeness (QED) is 0.916. The van der Waals surface area contributed by atoms with Gasteiger partial charge in [0.1, 0.15) is 0 Å². The molecule has 0 fully saturated rings. The summed E-state index contributed by atoms with van der Waals surface area (Å²) in [4.78, 5) is 11.1. The minimum absolute atomic E-state index is 0.390. The summed E-state index contributed by atoms with van der Waals surface area (Å²) in [5.74, 6) is -1.41. The first kappa shape index (κ1) is 12.3. The minimum atomic E-state index is -0.850. The fraction of sp³-hybridized carbons (Fsp3) is 0.182. The van der Waals surface area contributed by atoms with Crippen molar-refractivity contribution in [2.45, 2.75) is 12.3 Å². The van der Waals surface area contributed by atoms with Gasteiger partial charge in [-0.2, -0.15) is 0 Å². The standard InChI is InChI=1S/C11H10BrClO2/c12-10-6-2-1-4-8(10)9(11(14)15)5-3-7-13/h1-4,6-7,9H,5H2,(H,14,15)/b7-3+. The number of allylic oxidation sites excluding steroid dienone is 1. The molecule has 2 nitrogen and oxygen atoms in total. The van der Waals surface area contributed by atoms with Gasteiger partial charge in [-0.25, -0.2) is 0 Å². The Morgan fingerprint density at radius 1 is 1.53 bits per heavy atom. The highest BCUT2D eigenvalue weighted by atomic mass is 79.9. The second-order valence-corrected chi connectivity index (χ2v) is 4.12. The zero-order valence-electron chi connectivity index (χ0n) is 7.86. The number of hydrogen-bond acceptors (Lipinski definition) is 1. The second kappa shape index (κ2) is 5.93. The van der Waals surface area contributed by atoms with Gasteiger partial charge >= 0.3 is 5.97 Å². The van der Waals surface area contributed by atoms with E-state index in [1.165, 1.54) is 5.54 Å². The molecule has 0 aromatic heterocycles. The Labute approximate surface area is 102 Å². The van der Waals surface area contributed by atoms with Gasteiger partial charge in [0.15, 0.2) is 0 Å². The number of carboxylic acid groups (broad SMARTS) is 1. The molecule has 0 saturated carbocycles. The van der Waals surface area contributed by atoms with Crippen LogP contribution in [0, 0.1) is 0 Å². The lowest BCUT2D eigenvalue weighted by Gasteiger charge is -2.11. The Kier molecular flexibility index (Phi) is 4.85. The molecule has 15 heavy (non-hydrogen) atoms. The van der Waals surface area contributed by atoms with Gasteiger partial charge in [-0.15, -0.1) is 0 Å². The fourth-order valence-electron chi connectivity index (χ4n) is 1.31. The van der Waals surface area contributed by atoms with Crippen LogP contribution in [0.1, 0.15) is 17.9 Å². The molecule has 0 aliphatic heterocycles. The van der Waals surface area contributed by atoms with Crippen LogP contribution >= 0.6 is 27.5 Å². The van der Waals surface area contributed by atoms with E-state index in [1.807, 2.05) is 18.2 Å². The summed E-state index contributed by atoms with van der Waals surface area (Å²) in [6, 6.07) is 7.30.